The summed E-state index contributed by atoms with van der Waals surface area (Å²) in [7, 11) is 0. The first kappa shape index (κ1) is 65.9. The summed E-state index contributed by atoms with van der Waals surface area (Å²) in [6.45, 7) is 6.67. The summed E-state index contributed by atoms with van der Waals surface area (Å²) in [5.74, 6) is -0.845. The van der Waals surface area contributed by atoms with E-state index in [4.69, 9.17) is 14.2 Å². The third-order valence-electron chi connectivity index (χ3n) is 13.7. The van der Waals surface area contributed by atoms with Crippen LogP contribution in [0, 0.1) is 0 Å². The molecule has 0 aliphatic carbocycles. The maximum absolute atomic E-state index is 12.9. The van der Waals surface area contributed by atoms with E-state index in [0.717, 1.165) is 64.2 Å². The number of carbonyl (C=O) groups is 3. The molecular weight excluding hydrogens is 841 g/mol. The van der Waals surface area contributed by atoms with Gasteiger partial charge in [0.15, 0.2) is 6.10 Å². The van der Waals surface area contributed by atoms with Gasteiger partial charge >= 0.3 is 17.9 Å². The second-order valence-corrected chi connectivity index (χ2v) is 20.6. The summed E-state index contributed by atoms with van der Waals surface area (Å²) in [6.07, 6.45) is 67.4. The highest BCUT2D eigenvalue weighted by molar-refractivity contribution is 5.71. The SMILES string of the molecule is CCCCC/C=C\C/C=C\CCCCCCCCCCCC(=O)OCC(COC(=O)CCCCCCCCCCCCCCCCC)OC(=O)CCCCCCCCCCCCCCCCCC. The normalized spacial score (nSPS) is 12.1. The van der Waals surface area contributed by atoms with Gasteiger partial charge in [-0.25, -0.2) is 0 Å². The Morgan fingerprint density at radius 3 is 0.838 bits per heavy atom. The molecule has 0 rings (SSSR count). The van der Waals surface area contributed by atoms with Gasteiger partial charge in [0.25, 0.3) is 0 Å². The quantitative estimate of drug-likeness (QED) is 0.0262. The predicted molar refractivity (Wildman–Crippen MR) is 293 cm³/mol. The minimum absolute atomic E-state index is 0.0664. The van der Waals surface area contributed by atoms with Gasteiger partial charge in [0.1, 0.15) is 13.2 Å². The molecule has 0 aromatic heterocycles. The first-order valence-electron chi connectivity index (χ1n) is 30.3. The number of unbranched alkanes of at least 4 members (excludes halogenated alkanes) is 41. The van der Waals surface area contributed by atoms with E-state index >= 15 is 0 Å². The molecule has 1 unspecified atom stereocenters. The molecule has 0 fully saturated rings. The summed E-state index contributed by atoms with van der Waals surface area (Å²) >= 11 is 0. The van der Waals surface area contributed by atoms with Crippen LogP contribution in [0.15, 0.2) is 24.3 Å². The molecule has 1 atom stereocenters. The third kappa shape index (κ3) is 54.8. The largest absolute Gasteiger partial charge is 0.462 e. The number of esters is 3. The lowest BCUT2D eigenvalue weighted by Gasteiger charge is -2.18. The van der Waals surface area contributed by atoms with Crippen molar-refractivity contribution in [3.8, 4) is 0 Å². The second kappa shape index (κ2) is 57.5. The smallest absolute Gasteiger partial charge is 0.306 e. The van der Waals surface area contributed by atoms with Crippen LogP contribution < -0.4 is 0 Å². The van der Waals surface area contributed by atoms with Crippen molar-refractivity contribution in [3.63, 3.8) is 0 Å². The summed E-state index contributed by atoms with van der Waals surface area (Å²) in [4.78, 5) is 38.2. The number of hydrogen-bond donors (Lipinski definition) is 0. The minimum atomic E-state index is -0.768. The van der Waals surface area contributed by atoms with Crippen molar-refractivity contribution in [2.45, 2.75) is 341 Å². The predicted octanol–water partition coefficient (Wildman–Crippen LogP) is 20.3. The average Bonchev–Trinajstić information content (AvgIpc) is 3.34. The number of allylic oxidation sites excluding steroid dienone is 4. The van der Waals surface area contributed by atoms with Crippen LogP contribution in [0.25, 0.3) is 0 Å². The second-order valence-electron chi connectivity index (χ2n) is 20.6. The summed E-state index contributed by atoms with van der Waals surface area (Å²) in [5.41, 5.74) is 0. The van der Waals surface area contributed by atoms with Crippen molar-refractivity contribution in [1.29, 1.82) is 0 Å². The fraction of sp³-hybridized carbons (Fsp3) is 0.887. The van der Waals surface area contributed by atoms with Gasteiger partial charge in [0, 0.05) is 19.3 Å². The summed E-state index contributed by atoms with van der Waals surface area (Å²) in [5, 5.41) is 0. The maximum atomic E-state index is 12.9. The van der Waals surface area contributed by atoms with Gasteiger partial charge in [-0.2, -0.15) is 0 Å². The van der Waals surface area contributed by atoms with Gasteiger partial charge < -0.3 is 14.2 Å². The lowest BCUT2D eigenvalue weighted by atomic mass is 10.0. The highest BCUT2D eigenvalue weighted by Crippen LogP contribution is 2.17. The first-order chi connectivity index (χ1) is 33.5. The molecule has 68 heavy (non-hydrogen) atoms. The molecule has 0 aliphatic heterocycles. The molecule has 0 N–H and O–H groups in total. The van der Waals surface area contributed by atoms with Crippen LogP contribution in [0.3, 0.4) is 0 Å². The van der Waals surface area contributed by atoms with Crippen molar-refractivity contribution < 1.29 is 28.6 Å². The zero-order chi connectivity index (χ0) is 49.3. The van der Waals surface area contributed by atoms with Crippen LogP contribution >= 0.6 is 0 Å². The van der Waals surface area contributed by atoms with E-state index in [0.29, 0.717) is 19.3 Å². The van der Waals surface area contributed by atoms with E-state index in [9.17, 15) is 14.4 Å². The van der Waals surface area contributed by atoms with Gasteiger partial charge in [-0.15, -0.1) is 0 Å². The molecule has 400 valence electrons. The van der Waals surface area contributed by atoms with Gasteiger partial charge in [0.05, 0.1) is 0 Å². The number of carbonyl (C=O) groups excluding carboxylic acids is 3. The molecule has 0 aliphatic rings. The number of ether oxygens (including phenoxy) is 3. The molecule has 6 nitrogen and oxygen atoms in total. The van der Waals surface area contributed by atoms with Crippen molar-refractivity contribution in [2.24, 2.45) is 0 Å². The van der Waals surface area contributed by atoms with Crippen LogP contribution in [0.2, 0.25) is 0 Å². The Morgan fingerprint density at radius 1 is 0.294 bits per heavy atom. The van der Waals surface area contributed by atoms with Crippen molar-refractivity contribution in [3.05, 3.63) is 24.3 Å². The van der Waals surface area contributed by atoms with Crippen molar-refractivity contribution in [2.75, 3.05) is 13.2 Å². The number of hydrogen-bond acceptors (Lipinski definition) is 6. The molecule has 0 aromatic carbocycles. The van der Waals surface area contributed by atoms with Gasteiger partial charge in [-0.3, -0.25) is 14.4 Å². The Morgan fingerprint density at radius 2 is 0.529 bits per heavy atom. The summed E-state index contributed by atoms with van der Waals surface area (Å²) in [6, 6.07) is 0. The molecule has 0 aromatic rings. The molecule has 0 spiro atoms. The van der Waals surface area contributed by atoms with E-state index < -0.39 is 6.10 Å². The molecule has 6 heteroatoms. The fourth-order valence-electron chi connectivity index (χ4n) is 9.12. The Hall–Kier alpha value is -2.11. The molecule has 0 radical (unpaired) electrons. The van der Waals surface area contributed by atoms with E-state index in [1.54, 1.807) is 0 Å². The molecule has 0 heterocycles. The van der Waals surface area contributed by atoms with Gasteiger partial charge in [-0.05, 0) is 51.4 Å². The lowest BCUT2D eigenvalue weighted by Crippen LogP contribution is -2.30. The minimum Gasteiger partial charge on any atom is -0.462 e. The van der Waals surface area contributed by atoms with Crippen LogP contribution in [-0.2, 0) is 28.6 Å². The van der Waals surface area contributed by atoms with Gasteiger partial charge in [-0.1, -0.05) is 289 Å². The molecule has 0 saturated carbocycles. The first-order valence-corrected chi connectivity index (χ1v) is 30.3. The third-order valence-corrected chi connectivity index (χ3v) is 13.7. The molecular formula is C62H116O6. The summed E-state index contributed by atoms with van der Waals surface area (Å²) < 4.78 is 16.9. The number of rotatable bonds is 56. The van der Waals surface area contributed by atoms with Crippen LogP contribution in [0.1, 0.15) is 335 Å². The Kier molecular flexibility index (Phi) is 55.7. The molecule has 0 amide bonds. The monoisotopic (exact) mass is 957 g/mol. The zero-order valence-corrected chi connectivity index (χ0v) is 45.9. The molecule has 0 bridgehead atoms. The van der Waals surface area contributed by atoms with Crippen LogP contribution in [0.4, 0.5) is 0 Å². The van der Waals surface area contributed by atoms with Crippen molar-refractivity contribution in [1.82, 2.24) is 0 Å². The van der Waals surface area contributed by atoms with E-state index in [1.165, 1.54) is 231 Å². The van der Waals surface area contributed by atoms with Gasteiger partial charge in [0.2, 0.25) is 0 Å². The highest BCUT2D eigenvalue weighted by Gasteiger charge is 2.19. The van der Waals surface area contributed by atoms with Crippen LogP contribution in [-0.4, -0.2) is 37.2 Å². The molecule has 0 saturated heterocycles. The Labute approximate surface area is 423 Å². The Balaban J connectivity index is 4.31. The van der Waals surface area contributed by atoms with E-state index in [-0.39, 0.29) is 31.1 Å². The maximum Gasteiger partial charge on any atom is 0.306 e. The van der Waals surface area contributed by atoms with Crippen molar-refractivity contribution >= 4 is 17.9 Å². The average molecular weight is 958 g/mol. The zero-order valence-electron chi connectivity index (χ0n) is 45.9. The fourth-order valence-corrected chi connectivity index (χ4v) is 9.12. The van der Waals surface area contributed by atoms with E-state index in [2.05, 4.69) is 45.1 Å². The van der Waals surface area contributed by atoms with Crippen LogP contribution in [0.5, 0.6) is 0 Å². The lowest BCUT2D eigenvalue weighted by molar-refractivity contribution is -0.167. The Bertz CT molecular complexity index is 1100. The highest BCUT2D eigenvalue weighted by atomic mass is 16.6. The standard InChI is InChI=1S/C62H116O6/c1-4-7-10-13-16-19-22-25-28-30-31-32-35-37-40-43-46-49-52-55-61(64)67-58-59(57-66-60(63)54-51-48-45-42-39-36-33-27-24-21-18-15-12-9-6-3)68-62(65)56-53-50-47-44-41-38-34-29-26-23-20-17-14-11-8-5-2/h16,19,25,28,59H,4-15,17-18,20-24,26-27,29-58H2,1-3H3/b19-16-,28-25-. The van der Waals surface area contributed by atoms with E-state index in [1.807, 2.05) is 0 Å². The topological polar surface area (TPSA) is 78.9 Å².